The number of amides is 3. The highest BCUT2D eigenvalue weighted by molar-refractivity contribution is 6.21. The fourth-order valence-electron chi connectivity index (χ4n) is 5.39. The van der Waals surface area contributed by atoms with E-state index >= 15 is 0 Å². The molecule has 0 N–H and O–H groups in total. The summed E-state index contributed by atoms with van der Waals surface area (Å²) in [5.74, 6) is -0.735. The van der Waals surface area contributed by atoms with Crippen LogP contribution in [0.1, 0.15) is 73.1 Å². The van der Waals surface area contributed by atoms with Crippen LogP contribution in [0.2, 0.25) is 0 Å². The Kier molecular flexibility index (Phi) is 8.94. The Morgan fingerprint density at radius 2 is 1.42 bits per heavy atom. The second-order valence-corrected chi connectivity index (χ2v) is 10.1. The van der Waals surface area contributed by atoms with Crippen LogP contribution in [0.15, 0.2) is 54.6 Å². The molecule has 2 heterocycles. The number of ether oxygens (including phenoxy) is 1. The minimum atomic E-state index is -0.664. The van der Waals surface area contributed by atoms with Crippen LogP contribution in [0.3, 0.4) is 0 Å². The molecule has 4 rings (SSSR count). The molecule has 0 unspecified atom stereocenters. The zero-order valence-electron chi connectivity index (χ0n) is 22.4. The van der Waals surface area contributed by atoms with E-state index < -0.39 is 5.54 Å². The summed E-state index contributed by atoms with van der Waals surface area (Å²) in [5, 5.41) is 0. The maximum absolute atomic E-state index is 13.5. The number of nitrogens with zero attached hydrogens (tertiary/aromatic N) is 3. The maximum Gasteiger partial charge on any atom is 0.305 e. The third-order valence-electron chi connectivity index (χ3n) is 7.46. The molecule has 0 bridgehead atoms. The highest BCUT2D eigenvalue weighted by Gasteiger charge is 2.44. The van der Waals surface area contributed by atoms with Gasteiger partial charge in [-0.05, 0) is 49.9 Å². The van der Waals surface area contributed by atoms with Crippen LogP contribution >= 0.6 is 0 Å². The van der Waals surface area contributed by atoms with Crippen LogP contribution < -0.4 is 4.90 Å². The molecule has 8 heteroatoms. The molecular formula is C30H37N3O5. The minimum absolute atomic E-state index is 0.0183. The minimum Gasteiger partial charge on any atom is -0.463 e. The zero-order chi connectivity index (χ0) is 27.1. The molecule has 0 saturated carbocycles. The Morgan fingerprint density at radius 3 is 2.00 bits per heavy atom. The van der Waals surface area contributed by atoms with Gasteiger partial charge in [0.1, 0.15) is 6.61 Å². The molecule has 1 fully saturated rings. The molecule has 8 nitrogen and oxygen atoms in total. The highest BCUT2D eigenvalue weighted by Crippen LogP contribution is 2.35. The van der Waals surface area contributed by atoms with E-state index in [4.69, 9.17) is 4.74 Å². The summed E-state index contributed by atoms with van der Waals surface area (Å²) in [4.78, 5) is 56.7. The quantitative estimate of drug-likeness (QED) is 0.325. The van der Waals surface area contributed by atoms with Crippen LogP contribution in [-0.4, -0.2) is 71.8 Å². The molecule has 0 aromatic heterocycles. The van der Waals surface area contributed by atoms with Crippen molar-refractivity contribution in [2.45, 2.75) is 57.9 Å². The third-order valence-corrected chi connectivity index (χ3v) is 7.46. The van der Waals surface area contributed by atoms with Crippen molar-refractivity contribution < 1.29 is 23.9 Å². The molecule has 2 aliphatic heterocycles. The van der Waals surface area contributed by atoms with Gasteiger partial charge in [-0.1, -0.05) is 44.2 Å². The highest BCUT2D eigenvalue weighted by atomic mass is 16.5. The fraction of sp³-hybridized carbons (Fsp3) is 0.467. The van der Waals surface area contributed by atoms with Gasteiger partial charge in [-0.25, -0.2) is 0 Å². The molecule has 1 saturated heterocycles. The molecule has 0 spiro atoms. The van der Waals surface area contributed by atoms with Gasteiger partial charge in [0.25, 0.3) is 11.8 Å². The van der Waals surface area contributed by atoms with Crippen molar-refractivity contribution in [2.75, 3.05) is 37.7 Å². The van der Waals surface area contributed by atoms with Crippen molar-refractivity contribution in [3.8, 4) is 0 Å². The molecule has 2 aromatic carbocycles. The lowest BCUT2D eigenvalue weighted by molar-refractivity contribution is -0.147. The summed E-state index contributed by atoms with van der Waals surface area (Å²) in [6.07, 6.45) is 3.40. The molecule has 2 aromatic rings. The maximum atomic E-state index is 13.5. The Labute approximate surface area is 224 Å². The summed E-state index contributed by atoms with van der Waals surface area (Å²) >= 11 is 0. The van der Waals surface area contributed by atoms with Crippen molar-refractivity contribution in [3.63, 3.8) is 0 Å². The smallest absolute Gasteiger partial charge is 0.305 e. The number of esters is 1. The monoisotopic (exact) mass is 519 g/mol. The zero-order valence-corrected chi connectivity index (χ0v) is 22.4. The number of likely N-dealkylation sites (tertiary alicyclic amines) is 1. The first-order valence-electron chi connectivity index (χ1n) is 13.6. The number of hydrogen-bond donors (Lipinski definition) is 0. The van der Waals surface area contributed by atoms with E-state index in [1.807, 2.05) is 49.1 Å². The van der Waals surface area contributed by atoms with Crippen LogP contribution in [0, 0.1) is 0 Å². The van der Waals surface area contributed by atoms with Crippen molar-refractivity contribution >= 4 is 29.4 Å². The van der Waals surface area contributed by atoms with Crippen molar-refractivity contribution in [1.82, 2.24) is 9.80 Å². The normalized spacial score (nSPS) is 16.8. The lowest BCUT2D eigenvalue weighted by Crippen LogP contribution is -2.61. The van der Waals surface area contributed by atoms with Gasteiger partial charge >= 0.3 is 5.97 Å². The average Bonchev–Trinajstić information content (AvgIpc) is 3.17. The molecule has 0 radical (unpaired) electrons. The van der Waals surface area contributed by atoms with E-state index in [0.717, 1.165) is 12.1 Å². The lowest BCUT2D eigenvalue weighted by Gasteiger charge is -2.48. The second-order valence-electron chi connectivity index (χ2n) is 10.1. The Bertz CT molecular complexity index is 1120. The molecule has 3 amide bonds. The van der Waals surface area contributed by atoms with Gasteiger partial charge in [-0.15, -0.1) is 0 Å². The number of benzene rings is 2. The van der Waals surface area contributed by atoms with Gasteiger partial charge in [0.05, 0.1) is 16.7 Å². The first-order chi connectivity index (χ1) is 18.4. The Hall–Kier alpha value is -3.52. The van der Waals surface area contributed by atoms with Gasteiger partial charge in [-0.2, -0.15) is 0 Å². The number of piperidine rings is 1. The second kappa shape index (κ2) is 12.3. The van der Waals surface area contributed by atoms with Crippen LogP contribution in [0.4, 0.5) is 5.69 Å². The number of fused-ring (bicyclic) bond motifs is 1. The third kappa shape index (κ3) is 5.80. The number of imide groups is 1. The number of anilines is 1. The SMILES string of the molecule is CCCC(=O)OCC1(N(C(=O)CCC)c2ccccc2)CCN(CCN2C(=O)c3ccccc3C2=O)CC1. The van der Waals surface area contributed by atoms with Crippen LogP contribution in [0.5, 0.6) is 0 Å². The van der Waals surface area contributed by atoms with Crippen LogP contribution in [-0.2, 0) is 14.3 Å². The summed E-state index contributed by atoms with van der Waals surface area (Å²) in [6, 6.07) is 16.5. The molecule has 0 atom stereocenters. The number of rotatable bonds is 11. The van der Waals surface area contributed by atoms with E-state index in [1.165, 1.54) is 4.90 Å². The summed E-state index contributed by atoms with van der Waals surface area (Å²) < 4.78 is 5.75. The summed E-state index contributed by atoms with van der Waals surface area (Å²) in [5.41, 5.74) is 1.05. The van der Waals surface area contributed by atoms with Gasteiger partial charge in [0.15, 0.2) is 0 Å². The first kappa shape index (κ1) is 27.5. The van der Waals surface area contributed by atoms with Gasteiger partial charge in [-0.3, -0.25) is 24.1 Å². The largest absolute Gasteiger partial charge is 0.463 e. The fourth-order valence-corrected chi connectivity index (χ4v) is 5.39. The molecule has 202 valence electrons. The number of para-hydroxylation sites is 1. The van der Waals surface area contributed by atoms with Crippen molar-refractivity contribution in [2.24, 2.45) is 0 Å². The van der Waals surface area contributed by atoms with Crippen LogP contribution in [0.25, 0.3) is 0 Å². The van der Waals surface area contributed by atoms with Gasteiger partial charge in [0.2, 0.25) is 5.91 Å². The summed E-state index contributed by atoms with van der Waals surface area (Å²) in [6.45, 7) is 6.21. The van der Waals surface area contributed by atoms with E-state index in [0.29, 0.717) is 69.4 Å². The molecular weight excluding hydrogens is 482 g/mol. The first-order valence-corrected chi connectivity index (χ1v) is 13.6. The average molecular weight is 520 g/mol. The predicted molar refractivity (Wildman–Crippen MR) is 145 cm³/mol. The lowest BCUT2D eigenvalue weighted by atomic mass is 9.85. The summed E-state index contributed by atoms with van der Waals surface area (Å²) in [7, 11) is 0. The van der Waals surface area contributed by atoms with E-state index in [-0.39, 0.29) is 30.3 Å². The number of carbonyl (C=O) groups is 4. The van der Waals surface area contributed by atoms with Crippen molar-refractivity contribution in [3.05, 3.63) is 65.7 Å². The number of carbonyl (C=O) groups excluding carboxylic acids is 4. The van der Waals surface area contributed by atoms with Gasteiger partial charge in [0, 0.05) is 44.7 Å². The Balaban J connectivity index is 1.49. The van der Waals surface area contributed by atoms with E-state index in [1.54, 1.807) is 24.3 Å². The van der Waals surface area contributed by atoms with Gasteiger partial charge < -0.3 is 14.5 Å². The number of hydrogen-bond acceptors (Lipinski definition) is 6. The molecule has 2 aliphatic rings. The van der Waals surface area contributed by atoms with Crippen molar-refractivity contribution in [1.29, 1.82) is 0 Å². The predicted octanol–water partition coefficient (Wildman–Crippen LogP) is 4.29. The Morgan fingerprint density at radius 1 is 0.842 bits per heavy atom. The van der Waals surface area contributed by atoms with E-state index in [9.17, 15) is 19.2 Å². The molecule has 38 heavy (non-hydrogen) atoms. The standard InChI is InChI=1S/C30H37N3O5/c1-3-10-26(34)33(23-12-6-5-7-13-23)30(22-38-27(35)11-4-2)16-18-31(19-17-30)20-21-32-28(36)24-14-8-9-15-25(24)29(32)37/h5-9,12-15H,3-4,10-11,16-22H2,1-2H3. The van der Waals surface area contributed by atoms with E-state index in [2.05, 4.69) is 4.90 Å². The topological polar surface area (TPSA) is 87.2 Å². The molecule has 0 aliphatic carbocycles.